The summed E-state index contributed by atoms with van der Waals surface area (Å²) in [5.74, 6) is -1.00. The summed E-state index contributed by atoms with van der Waals surface area (Å²) in [4.78, 5) is 44.4. The maximum absolute atomic E-state index is 15.4. The van der Waals surface area contributed by atoms with Gasteiger partial charge in [-0.25, -0.2) is 14.2 Å². The van der Waals surface area contributed by atoms with E-state index in [0.29, 0.717) is 17.4 Å². The van der Waals surface area contributed by atoms with Crippen molar-refractivity contribution < 1.29 is 23.9 Å². The highest BCUT2D eigenvalue weighted by Gasteiger charge is 2.59. The highest BCUT2D eigenvalue weighted by atomic mass is 19.1. The van der Waals surface area contributed by atoms with Crippen molar-refractivity contribution in [3.63, 3.8) is 0 Å². The third-order valence-electron chi connectivity index (χ3n) is 6.58. The van der Waals surface area contributed by atoms with Crippen LogP contribution in [-0.2, 0) is 9.59 Å². The van der Waals surface area contributed by atoms with Crippen LogP contribution in [0.1, 0.15) is 24.8 Å². The number of carbonyl (C=O) groups excluding carboxylic acids is 2. The molecule has 3 N–H and O–H groups in total. The van der Waals surface area contributed by atoms with E-state index in [4.69, 9.17) is 0 Å². The van der Waals surface area contributed by atoms with Crippen molar-refractivity contribution in [1.29, 1.82) is 0 Å². The molecule has 2 saturated carbocycles. The fraction of sp³-hybridized carbons (Fsp3) is 0.292. The van der Waals surface area contributed by atoms with E-state index in [9.17, 15) is 19.5 Å². The Labute approximate surface area is 188 Å². The van der Waals surface area contributed by atoms with Crippen molar-refractivity contribution in [3.8, 4) is 11.1 Å². The number of aromatic nitrogens is 2. The summed E-state index contributed by atoms with van der Waals surface area (Å²) in [5.41, 5.74) is 1.25. The number of halogens is 1. The molecule has 2 amide bonds. The van der Waals surface area contributed by atoms with Crippen LogP contribution in [0.5, 0.6) is 0 Å². The molecule has 3 aromatic rings. The van der Waals surface area contributed by atoms with Crippen LogP contribution in [0.3, 0.4) is 0 Å². The molecule has 2 aliphatic rings. The van der Waals surface area contributed by atoms with Crippen LogP contribution in [0.25, 0.3) is 21.9 Å². The molecule has 8 nitrogen and oxygen atoms in total. The normalized spacial score (nSPS) is 21.4. The van der Waals surface area contributed by atoms with Gasteiger partial charge in [0.2, 0.25) is 5.91 Å². The fourth-order valence-electron chi connectivity index (χ4n) is 4.93. The number of Topliss-reactive ketones (excluding diaryl/α,β-unsaturated/α-hetero) is 1. The van der Waals surface area contributed by atoms with E-state index in [0.717, 1.165) is 18.4 Å². The fourth-order valence-corrected chi connectivity index (χ4v) is 4.93. The van der Waals surface area contributed by atoms with Crippen LogP contribution < -0.4 is 10.6 Å². The molecule has 2 aliphatic carbocycles. The lowest BCUT2D eigenvalue weighted by atomic mass is 9.98. The average Bonchev–Trinajstić information content (AvgIpc) is 3.52. The minimum Gasteiger partial charge on any atom is -0.465 e. The average molecular weight is 448 g/mol. The van der Waals surface area contributed by atoms with Crippen LogP contribution in [0, 0.1) is 30.5 Å². The minimum atomic E-state index is -1.41. The first-order valence-electron chi connectivity index (χ1n) is 10.7. The first-order chi connectivity index (χ1) is 15.8. The number of benzene rings is 1. The summed E-state index contributed by atoms with van der Waals surface area (Å²) >= 11 is 0. The predicted molar refractivity (Wildman–Crippen MR) is 119 cm³/mol. The highest BCUT2D eigenvalue weighted by molar-refractivity contribution is 6.05. The molecule has 0 radical (unpaired) electrons. The SMILES string of the molecule is Cc1ccncc1-c1cc2cc(NC(=O)C3C4CCCC(=O)C43)ncc2c(NC(=O)O)c1F. The summed E-state index contributed by atoms with van der Waals surface area (Å²) in [6, 6.07) is 4.89. The Hall–Kier alpha value is -3.88. The van der Waals surface area contributed by atoms with Gasteiger partial charge in [-0.2, -0.15) is 0 Å². The number of carbonyl (C=O) groups is 3. The molecule has 9 heteroatoms. The second-order valence-corrected chi connectivity index (χ2v) is 8.59. The van der Waals surface area contributed by atoms with Gasteiger partial charge in [-0.3, -0.25) is 19.9 Å². The molecule has 0 spiro atoms. The van der Waals surface area contributed by atoms with E-state index in [1.165, 1.54) is 12.4 Å². The maximum atomic E-state index is 15.4. The second-order valence-electron chi connectivity index (χ2n) is 8.59. The molecule has 1 aromatic carbocycles. The molecule has 0 aliphatic heterocycles. The highest BCUT2D eigenvalue weighted by Crippen LogP contribution is 2.54. The molecular formula is C24H21FN4O4. The molecule has 2 aromatic heterocycles. The van der Waals surface area contributed by atoms with E-state index in [-0.39, 0.29) is 51.9 Å². The van der Waals surface area contributed by atoms with E-state index >= 15 is 4.39 Å². The lowest BCUT2D eigenvalue weighted by Gasteiger charge is -2.14. The van der Waals surface area contributed by atoms with Crippen LogP contribution in [0.2, 0.25) is 0 Å². The smallest absolute Gasteiger partial charge is 0.409 e. The van der Waals surface area contributed by atoms with Gasteiger partial charge in [0.1, 0.15) is 11.6 Å². The Morgan fingerprint density at radius 2 is 2.00 bits per heavy atom. The van der Waals surface area contributed by atoms with E-state index < -0.39 is 11.9 Å². The number of aryl methyl sites for hydroxylation is 1. The Morgan fingerprint density at radius 3 is 2.73 bits per heavy atom. The Balaban J connectivity index is 1.53. The summed E-state index contributed by atoms with van der Waals surface area (Å²) in [6.45, 7) is 1.81. The van der Waals surface area contributed by atoms with Gasteiger partial charge in [-0.15, -0.1) is 0 Å². The van der Waals surface area contributed by atoms with E-state index in [1.54, 1.807) is 31.3 Å². The second kappa shape index (κ2) is 7.91. The number of hydrogen-bond donors (Lipinski definition) is 3. The maximum Gasteiger partial charge on any atom is 0.409 e. The zero-order chi connectivity index (χ0) is 23.3. The van der Waals surface area contributed by atoms with Gasteiger partial charge in [-0.05, 0) is 54.8 Å². The summed E-state index contributed by atoms with van der Waals surface area (Å²) in [7, 11) is 0. The van der Waals surface area contributed by atoms with Crippen molar-refractivity contribution in [2.75, 3.05) is 10.6 Å². The number of pyridine rings is 2. The van der Waals surface area contributed by atoms with Gasteiger partial charge in [0.15, 0.2) is 5.82 Å². The third-order valence-corrected chi connectivity index (χ3v) is 6.58. The van der Waals surface area contributed by atoms with Gasteiger partial charge < -0.3 is 10.4 Å². The Morgan fingerprint density at radius 1 is 1.18 bits per heavy atom. The van der Waals surface area contributed by atoms with Crippen molar-refractivity contribution in [2.45, 2.75) is 26.2 Å². The number of hydrogen-bond acceptors (Lipinski definition) is 5. The zero-order valence-corrected chi connectivity index (χ0v) is 17.8. The number of amides is 2. The van der Waals surface area contributed by atoms with E-state index in [1.807, 2.05) is 0 Å². The Bertz CT molecular complexity index is 1330. The summed E-state index contributed by atoms with van der Waals surface area (Å²) in [5, 5.41) is 14.9. The molecule has 3 atom stereocenters. The van der Waals surface area contributed by atoms with Gasteiger partial charge >= 0.3 is 6.09 Å². The molecule has 5 rings (SSSR count). The largest absolute Gasteiger partial charge is 0.465 e. The quantitative estimate of drug-likeness (QED) is 0.544. The molecule has 33 heavy (non-hydrogen) atoms. The van der Waals surface area contributed by atoms with E-state index in [2.05, 4.69) is 20.6 Å². The van der Waals surface area contributed by atoms with Crippen molar-refractivity contribution in [3.05, 3.63) is 48.2 Å². The third kappa shape index (κ3) is 3.69. The Kier molecular flexibility index (Phi) is 5.03. The number of carboxylic acid groups (broad SMARTS) is 1. The molecule has 2 fully saturated rings. The van der Waals surface area contributed by atoms with Crippen molar-refractivity contribution in [1.82, 2.24) is 9.97 Å². The lowest BCUT2D eigenvalue weighted by molar-refractivity contribution is -0.124. The summed E-state index contributed by atoms with van der Waals surface area (Å²) < 4.78 is 15.4. The lowest BCUT2D eigenvalue weighted by Crippen LogP contribution is -2.17. The van der Waals surface area contributed by atoms with Crippen LogP contribution in [0.4, 0.5) is 20.7 Å². The summed E-state index contributed by atoms with van der Waals surface area (Å²) in [6.07, 6.45) is 5.24. The number of anilines is 2. The molecule has 168 valence electrons. The molecule has 3 unspecified atom stereocenters. The number of ketones is 1. The van der Waals surface area contributed by atoms with Crippen LogP contribution in [-0.4, -0.2) is 32.9 Å². The van der Waals surface area contributed by atoms with Crippen molar-refractivity contribution >= 4 is 40.1 Å². The zero-order valence-electron chi connectivity index (χ0n) is 17.8. The molecule has 2 heterocycles. The van der Waals surface area contributed by atoms with Gasteiger partial charge in [0.25, 0.3) is 0 Å². The van der Waals surface area contributed by atoms with Crippen LogP contribution in [0.15, 0.2) is 36.8 Å². The first kappa shape index (κ1) is 21.0. The van der Waals surface area contributed by atoms with Gasteiger partial charge in [0.05, 0.1) is 11.6 Å². The number of nitrogens with zero attached hydrogens (tertiary/aromatic N) is 2. The first-order valence-corrected chi connectivity index (χ1v) is 10.7. The number of nitrogens with one attached hydrogen (secondary N) is 2. The topological polar surface area (TPSA) is 121 Å². The monoisotopic (exact) mass is 448 g/mol. The van der Waals surface area contributed by atoms with Crippen molar-refractivity contribution in [2.24, 2.45) is 17.8 Å². The minimum absolute atomic E-state index is 0.104. The standard InChI is InChI=1S/C24H21FN4O4/c1-11-5-6-26-9-15(11)14-7-12-8-18(27-10-16(12)22(21(14)25)29-24(32)33)28-23(31)20-13-3-2-4-17(30)19(13)20/h5-10,13,19-20,29H,2-4H2,1H3,(H,32,33)(H,27,28,31). The predicted octanol–water partition coefficient (Wildman–Crippen LogP) is 4.39. The van der Waals surface area contributed by atoms with Gasteiger partial charge in [-0.1, -0.05) is 0 Å². The molecule has 0 saturated heterocycles. The molecular weight excluding hydrogens is 427 g/mol. The van der Waals surface area contributed by atoms with Gasteiger partial charge in [0, 0.05) is 47.4 Å². The number of rotatable bonds is 4. The van der Waals surface area contributed by atoms with Crippen LogP contribution >= 0.6 is 0 Å². The molecule has 0 bridgehead atoms. The number of fused-ring (bicyclic) bond motifs is 2.